The highest BCUT2D eigenvalue weighted by atomic mass is 35.5. The van der Waals surface area contributed by atoms with Gasteiger partial charge in [0.25, 0.3) is 5.69 Å². The number of hydrogen-bond acceptors (Lipinski definition) is 4. The number of hydrogen-bond donors (Lipinski definition) is 2. The Bertz CT molecular complexity index is 371. The van der Waals surface area contributed by atoms with Gasteiger partial charge in [0.2, 0.25) is 0 Å². The van der Waals surface area contributed by atoms with E-state index in [1.807, 2.05) is 0 Å². The van der Waals surface area contributed by atoms with Crippen LogP contribution >= 0.6 is 11.6 Å². The van der Waals surface area contributed by atoms with Crippen LogP contribution in [0.5, 0.6) is 0 Å². The van der Waals surface area contributed by atoms with E-state index in [0.717, 1.165) is 18.5 Å². The van der Waals surface area contributed by atoms with Crippen LogP contribution in [0, 0.1) is 10.1 Å². The van der Waals surface area contributed by atoms with E-state index in [9.17, 15) is 10.1 Å². The summed E-state index contributed by atoms with van der Waals surface area (Å²) in [6.07, 6.45) is 0.868. The minimum Gasteiger partial charge on any atom is -0.330 e. The van der Waals surface area contributed by atoms with E-state index in [-0.39, 0.29) is 5.69 Å². The summed E-state index contributed by atoms with van der Waals surface area (Å²) in [6, 6.07) is 4.42. The molecular formula is C10H14ClN3O2. The first kappa shape index (κ1) is 12.9. The molecule has 0 heterocycles. The molecule has 0 bridgehead atoms. The Morgan fingerprint density at radius 2 is 2.25 bits per heavy atom. The zero-order chi connectivity index (χ0) is 12.0. The van der Waals surface area contributed by atoms with Crippen molar-refractivity contribution < 1.29 is 4.92 Å². The van der Waals surface area contributed by atoms with E-state index in [1.54, 1.807) is 6.07 Å². The van der Waals surface area contributed by atoms with Gasteiger partial charge in [0.15, 0.2) is 0 Å². The average Bonchev–Trinajstić information content (AvgIpc) is 2.26. The lowest BCUT2D eigenvalue weighted by Gasteiger charge is -2.05. The summed E-state index contributed by atoms with van der Waals surface area (Å²) >= 11 is 5.93. The molecular weight excluding hydrogens is 230 g/mol. The van der Waals surface area contributed by atoms with Crippen LogP contribution in [0.2, 0.25) is 5.02 Å². The first-order valence-corrected chi connectivity index (χ1v) is 5.36. The SMILES string of the molecule is NCCCNCc1cc([N+](=O)[O-])ccc1Cl. The van der Waals surface area contributed by atoms with Gasteiger partial charge in [-0.05, 0) is 31.1 Å². The second-order valence-corrected chi connectivity index (χ2v) is 3.76. The molecule has 0 aromatic heterocycles. The topological polar surface area (TPSA) is 81.2 Å². The molecule has 16 heavy (non-hydrogen) atoms. The molecule has 3 N–H and O–H groups in total. The number of nitrogens with two attached hydrogens (primary N) is 1. The fourth-order valence-corrected chi connectivity index (χ4v) is 1.44. The monoisotopic (exact) mass is 243 g/mol. The third-order valence-electron chi connectivity index (χ3n) is 2.11. The molecule has 0 saturated carbocycles. The zero-order valence-corrected chi connectivity index (χ0v) is 9.54. The Morgan fingerprint density at radius 3 is 2.88 bits per heavy atom. The molecule has 0 aliphatic carbocycles. The third kappa shape index (κ3) is 3.77. The highest BCUT2D eigenvalue weighted by Crippen LogP contribution is 2.21. The van der Waals surface area contributed by atoms with E-state index in [1.165, 1.54) is 12.1 Å². The van der Waals surface area contributed by atoms with Crippen LogP contribution in [0.4, 0.5) is 5.69 Å². The van der Waals surface area contributed by atoms with Gasteiger partial charge in [0, 0.05) is 23.7 Å². The van der Waals surface area contributed by atoms with Gasteiger partial charge in [-0.3, -0.25) is 10.1 Å². The van der Waals surface area contributed by atoms with Gasteiger partial charge in [-0.2, -0.15) is 0 Å². The molecule has 0 unspecified atom stereocenters. The first-order chi connectivity index (χ1) is 7.65. The molecule has 0 fully saturated rings. The van der Waals surface area contributed by atoms with E-state index in [2.05, 4.69) is 5.32 Å². The summed E-state index contributed by atoms with van der Waals surface area (Å²) in [5.74, 6) is 0. The summed E-state index contributed by atoms with van der Waals surface area (Å²) in [5.41, 5.74) is 6.13. The van der Waals surface area contributed by atoms with Crippen LogP contribution in [0.25, 0.3) is 0 Å². The fraction of sp³-hybridized carbons (Fsp3) is 0.400. The molecule has 5 nitrogen and oxygen atoms in total. The highest BCUT2D eigenvalue weighted by molar-refractivity contribution is 6.31. The van der Waals surface area contributed by atoms with Crippen LogP contribution in [-0.4, -0.2) is 18.0 Å². The summed E-state index contributed by atoms with van der Waals surface area (Å²) in [4.78, 5) is 10.1. The van der Waals surface area contributed by atoms with Crippen LogP contribution in [0.15, 0.2) is 18.2 Å². The predicted octanol–water partition coefficient (Wildman–Crippen LogP) is 1.69. The lowest BCUT2D eigenvalue weighted by Crippen LogP contribution is -2.17. The summed E-state index contributed by atoms with van der Waals surface area (Å²) in [7, 11) is 0. The van der Waals surface area contributed by atoms with Crippen molar-refractivity contribution in [3.05, 3.63) is 38.9 Å². The maximum Gasteiger partial charge on any atom is 0.269 e. The summed E-state index contributed by atoms with van der Waals surface area (Å²) in [6.45, 7) is 1.91. The second-order valence-electron chi connectivity index (χ2n) is 3.35. The van der Waals surface area contributed by atoms with Crippen molar-refractivity contribution in [1.29, 1.82) is 0 Å². The lowest BCUT2D eigenvalue weighted by atomic mass is 10.2. The molecule has 0 radical (unpaired) electrons. The zero-order valence-electron chi connectivity index (χ0n) is 8.78. The second kappa shape index (κ2) is 6.42. The quantitative estimate of drug-likeness (QED) is 0.453. The molecule has 0 aliphatic rings. The lowest BCUT2D eigenvalue weighted by molar-refractivity contribution is -0.384. The van der Waals surface area contributed by atoms with Crippen LogP contribution in [-0.2, 0) is 6.54 Å². The average molecular weight is 244 g/mol. The molecule has 0 atom stereocenters. The van der Waals surface area contributed by atoms with Crippen molar-refractivity contribution in [2.45, 2.75) is 13.0 Å². The minimum atomic E-state index is -0.431. The number of benzene rings is 1. The van der Waals surface area contributed by atoms with Crippen molar-refractivity contribution in [2.75, 3.05) is 13.1 Å². The number of nitro groups is 1. The largest absolute Gasteiger partial charge is 0.330 e. The fourth-order valence-electron chi connectivity index (χ4n) is 1.26. The van der Waals surface area contributed by atoms with Crippen molar-refractivity contribution in [1.82, 2.24) is 5.32 Å². The van der Waals surface area contributed by atoms with Crippen molar-refractivity contribution in [2.24, 2.45) is 5.73 Å². The normalized spacial score (nSPS) is 10.4. The Morgan fingerprint density at radius 1 is 1.50 bits per heavy atom. The maximum absolute atomic E-state index is 10.6. The van der Waals surface area contributed by atoms with Gasteiger partial charge in [-0.15, -0.1) is 0 Å². The van der Waals surface area contributed by atoms with E-state index < -0.39 is 4.92 Å². The van der Waals surface area contributed by atoms with Crippen molar-refractivity contribution in [3.8, 4) is 0 Å². The smallest absolute Gasteiger partial charge is 0.269 e. The van der Waals surface area contributed by atoms with Gasteiger partial charge >= 0.3 is 0 Å². The number of rotatable bonds is 6. The van der Waals surface area contributed by atoms with Gasteiger partial charge in [-0.1, -0.05) is 11.6 Å². The number of non-ortho nitro benzene ring substituents is 1. The van der Waals surface area contributed by atoms with Crippen molar-refractivity contribution >= 4 is 17.3 Å². The van der Waals surface area contributed by atoms with Gasteiger partial charge in [-0.25, -0.2) is 0 Å². The molecule has 1 aromatic rings. The Labute approximate surface area is 98.7 Å². The summed E-state index contributed by atoms with van der Waals surface area (Å²) < 4.78 is 0. The third-order valence-corrected chi connectivity index (χ3v) is 2.48. The Balaban J connectivity index is 2.63. The summed E-state index contributed by atoms with van der Waals surface area (Å²) in [5, 5.41) is 14.2. The standard InChI is InChI=1S/C10H14ClN3O2/c11-10-3-2-9(14(15)16)6-8(10)7-13-5-1-4-12/h2-3,6,13H,1,4-5,7,12H2. The highest BCUT2D eigenvalue weighted by Gasteiger charge is 2.08. The van der Waals surface area contributed by atoms with E-state index in [0.29, 0.717) is 18.1 Å². The van der Waals surface area contributed by atoms with Crippen LogP contribution in [0.3, 0.4) is 0 Å². The molecule has 0 saturated heterocycles. The van der Waals surface area contributed by atoms with Gasteiger partial charge in [0.05, 0.1) is 4.92 Å². The van der Waals surface area contributed by atoms with Gasteiger partial charge in [0.1, 0.15) is 0 Å². The van der Waals surface area contributed by atoms with Crippen LogP contribution < -0.4 is 11.1 Å². The predicted molar refractivity (Wildman–Crippen MR) is 63.5 cm³/mol. The first-order valence-electron chi connectivity index (χ1n) is 4.98. The Kier molecular flexibility index (Phi) is 5.18. The molecule has 0 spiro atoms. The molecule has 1 rings (SSSR count). The molecule has 1 aromatic carbocycles. The number of nitrogens with zero attached hydrogens (tertiary/aromatic N) is 1. The minimum absolute atomic E-state index is 0.0556. The van der Waals surface area contributed by atoms with Gasteiger partial charge < -0.3 is 11.1 Å². The Hall–Kier alpha value is -1.17. The molecule has 0 aliphatic heterocycles. The number of nitrogens with one attached hydrogen (secondary N) is 1. The molecule has 6 heteroatoms. The van der Waals surface area contributed by atoms with E-state index in [4.69, 9.17) is 17.3 Å². The van der Waals surface area contributed by atoms with Crippen molar-refractivity contribution in [3.63, 3.8) is 0 Å². The maximum atomic E-state index is 10.6. The van der Waals surface area contributed by atoms with E-state index >= 15 is 0 Å². The number of halogens is 1. The molecule has 0 amide bonds. The number of nitro benzene ring substituents is 1. The molecule has 88 valence electrons. The van der Waals surface area contributed by atoms with Crippen LogP contribution in [0.1, 0.15) is 12.0 Å².